The van der Waals surface area contributed by atoms with Crippen molar-refractivity contribution in [3.63, 3.8) is 0 Å². The van der Waals surface area contributed by atoms with E-state index in [-0.39, 0.29) is 5.91 Å². The second kappa shape index (κ2) is 12.3. The van der Waals surface area contributed by atoms with Crippen LogP contribution in [0.2, 0.25) is 5.02 Å². The molecule has 33 heavy (non-hydrogen) atoms. The molecule has 0 radical (unpaired) electrons. The van der Waals surface area contributed by atoms with Gasteiger partial charge in [-0.1, -0.05) is 29.8 Å². The molecule has 3 rings (SSSR count). The van der Waals surface area contributed by atoms with E-state index in [1.807, 2.05) is 44.2 Å². The molecule has 172 valence electrons. The maximum Gasteiger partial charge on any atom is 0.271 e. The van der Waals surface area contributed by atoms with Gasteiger partial charge in [-0.3, -0.25) is 4.79 Å². The van der Waals surface area contributed by atoms with E-state index in [2.05, 4.69) is 26.5 Å². The first kappa shape index (κ1) is 24.6. The van der Waals surface area contributed by atoms with Gasteiger partial charge in [0.05, 0.1) is 23.9 Å². The molecule has 1 amide bonds. The first-order valence-electron chi connectivity index (χ1n) is 10.4. The Morgan fingerprint density at radius 2 is 1.76 bits per heavy atom. The zero-order valence-corrected chi connectivity index (χ0v) is 20.7. The number of nitrogens with zero attached hydrogens (tertiary/aromatic N) is 1. The molecule has 1 N–H and O–H groups in total. The second-order valence-electron chi connectivity index (χ2n) is 6.80. The summed E-state index contributed by atoms with van der Waals surface area (Å²) in [5.74, 6) is 1.51. The Hall–Kier alpha value is -3.03. The van der Waals surface area contributed by atoms with Gasteiger partial charge in [-0.25, -0.2) is 5.43 Å². The van der Waals surface area contributed by atoms with Crippen molar-refractivity contribution in [1.29, 1.82) is 0 Å². The normalized spacial score (nSPS) is 10.8. The summed E-state index contributed by atoms with van der Waals surface area (Å²) in [4.78, 5) is 12.3. The predicted octanol–water partition coefficient (Wildman–Crippen LogP) is 6.24. The SMILES string of the molecule is CCOc1ccc(C(=O)N/N=C\c2cc(Br)c(OCc3ccccc3Cl)c(OCC)c2)cc1. The lowest BCUT2D eigenvalue weighted by molar-refractivity contribution is 0.0955. The first-order chi connectivity index (χ1) is 16.0. The van der Waals surface area contributed by atoms with E-state index in [1.54, 1.807) is 30.3 Å². The average molecular weight is 532 g/mol. The molecular weight excluding hydrogens is 508 g/mol. The van der Waals surface area contributed by atoms with Crippen molar-refractivity contribution in [2.24, 2.45) is 5.10 Å². The molecule has 0 aliphatic heterocycles. The van der Waals surface area contributed by atoms with E-state index in [9.17, 15) is 4.79 Å². The van der Waals surface area contributed by atoms with Gasteiger partial charge < -0.3 is 14.2 Å². The highest BCUT2D eigenvalue weighted by atomic mass is 79.9. The summed E-state index contributed by atoms with van der Waals surface area (Å²) in [7, 11) is 0. The van der Waals surface area contributed by atoms with Crippen LogP contribution in [-0.4, -0.2) is 25.3 Å². The molecule has 0 saturated carbocycles. The van der Waals surface area contributed by atoms with Crippen LogP contribution in [0, 0.1) is 0 Å². The van der Waals surface area contributed by atoms with Gasteiger partial charge in [0.2, 0.25) is 0 Å². The van der Waals surface area contributed by atoms with Crippen molar-refractivity contribution in [2.75, 3.05) is 13.2 Å². The van der Waals surface area contributed by atoms with Crippen molar-refractivity contribution >= 4 is 39.7 Å². The monoisotopic (exact) mass is 530 g/mol. The third-order valence-corrected chi connectivity index (χ3v) is 5.43. The maximum atomic E-state index is 12.3. The van der Waals surface area contributed by atoms with E-state index in [1.165, 1.54) is 6.21 Å². The molecule has 0 heterocycles. The minimum atomic E-state index is -0.321. The van der Waals surface area contributed by atoms with Crippen LogP contribution >= 0.6 is 27.5 Å². The van der Waals surface area contributed by atoms with Gasteiger partial charge in [-0.15, -0.1) is 0 Å². The third-order valence-electron chi connectivity index (χ3n) is 4.47. The quantitative estimate of drug-likeness (QED) is 0.248. The van der Waals surface area contributed by atoms with Crippen LogP contribution in [0.25, 0.3) is 0 Å². The summed E-state index contributed by atoms with van der Waals surface area (Å²) >= 11 is 9.76. The number of hydrogen-bond donors (Lipinski definition) is 1. The van der Waals surface area contributed by atoms with E-state index < -0.39 is 0 Å². The van der Waals surface area contributed by atoms with Crippen molar-refractivity contribution in [3.05, 3.63) is 86.8 Å². The smallest absolute Gasteiger partial charge is 0.271 e. The number of amides is 1. The van der Waals surface area contributed by atoms with E-state index in [0.717, 1.165) is 11.1 Å². The molecular formula is C25H24BrClN2O4. The molecule has 8 heteroatoms. The van der Waals surface area contributed by atoms with Crippen LogP contribution in [0.1, 0.15) is 35.3 Å². The third kappa shape index (κ3) is 6.97. The zero-order valence-electron chi connectivity index (χ0n) is 18.3. The Morgan fingerprint density at radius 3 is 2.45 bits per heavy atom. The number of benzene rings is 3. The van der Waals surface area contributed by atoms with Crippen LogP contribution in [0.15, 0.2) is 70.2 Å². The first-order valence-corrected chi connectivity index (χ1v) is 11.6. The average Bonchev–Trinajstić information content (AvgIpc) is 2.80. The van der Waals surface area contributed by atoms with Crippen molar-refractivity contribution in [1.82, 2.24) is 5.43 Å². The highest BCUT2D eigenvalue weighted by molar-refractivity contribution is 9.10. The summed E-state index contributed by atoms with van der Waals surface area (Å²) in [6.07, 6.45) is 1.54. The van der Waals surface area contributed by atoms with Gasteiger partial charge >= 0.3 is 0 Å². The fraction of sp³-hybridized carbons (Fsp3) is 0.200. The van der Waals surface area contributed by atoms with Crippen molar-refractivity contribution in [3.8, 4) is 17.2 Å². The number of ether oxygens (including phenoxy) is 3. The molecule has 3 aromatic carbocycles. The summed E-state index contributed by atoms with van der Waals surface area (Å²) in [5, 5.41) is 4.70. The van der Waals surface area contributed by atoms with Crippen molar-refractivity contribution < 1.29 is 19.0 Å². The van der Waals surface area contributed by atoms with Gasteiger partial charge in [0.15, 0.2) is 11.5 Å². The molecule has 0 aliphatic rings. The van der Waals surface area contributed by atoms with Gasteiger partial charge in [0, 0.05) is 16.1 Å². The number of nitrogens with one attached hydrogen (secondary N) is 1. The molecule has 0 unspecified atom stereocenters. The lowest BCUT2D eigenvalue weighted by Crippen LogP contribution is -2.17. The minimum Gasteiger partial charge on any atom is -0.494 e. The lowest BCUT2D eigenvalue weighted by Gasteiger charge is -2.15. The largest absolute Gasteiger partial charge is 0.494 e. The van der Waals surface area contributed by atoms with Crippen LogP contribution in [0.4, 0.5) is 0 Å². The van der Waals surface area contributed by atoms with Gasteiger partial charge in [0.25, 0.3) is 5.91 Å². The number of rotatable bonds is 10. The van der Waals surface area contributed by atoms with Gasteiger partial charge in [0.1, 0.15) is 12.4 Å². The van der Waals surface area contributed by atoms with Crippen LogP contribution in [0.3, 0.4) is 0 Å². The standard InChI is InChI=1S/C25H24BrClN2O4/c1-3-31-20-11-9-18(10-12-20)25(30)29-28-15-17-13-21(26)24(23(14-17)32-4-2)33-16-19-7-5-6-8-22(19)27/h5-15H,3-4,16H2,1-2H3,(H,29,30)/b28-15-. The van der Waals surface area contributed by atoms with E-state index in [4.69, 9.17) is 25.8 Å². The number of halogens is 2. The van der Waals surface area contributed by atoms with Crippen molar-refractivity contribution in [2.45, 2.75) is 20.5 Å². The van der Waals surface area contributed by atoms with E-state index in [0.29, 0.717) is 52.1 Å². The molecule has 0 atom stereocenters. The number of carbonyl (C=O) groups is 1. The molecule has 0 aliphatic carbocycles. The fourth-order valence-corrected chi connectivity index (χ4v) is 3.69. The summed E-state index contributed by atoms with van der Waals surface area (Å²) in [6, 6.07) is 18.0. The molecule has 6 nitrogen and oxygen atoms in total. The number of hydrazone groups is 1. The molecule has 0 bridgehead atoms. The Balaban J connectivity index is 1.69. The Bertz CT molecular complexity index is 1120. The van der Waals surface area contributed by atoms with Crippen LogP contribution < -0.4 is 19.6 Å². The fourth-order valence-electron chi connectivity index (χ4n) is 2.93. The Morgan fingerprint density at radius 1 is 1.03 bits per heavy atom. The van der Waals surface area contributed by atoms with Crippen LogP contribution in [0.5, 0.6) is 17.2 Å². The maximum absolute atomic E-state index is 12.3. The highest BCUT2D eigenvalue weighted by Gasteiger charge is 2.13. The van der Waals surface area contributed by atoms with Crippen LogP contribution in [-0.2, 0) is 6.61 Å². The molecule has 3 aromatic rings. The topological polar surface area (TPSA) is 69.2 Å². The summed E-state index contributed by atoms with van der Waals surface area (Å²) in [5.41, 5.74) is 4.60. The second-order valence-corrected chi connectivity index (χ2v) is 8.06. The lowest BCUT2D eigenvalue weighted by atomic mass is 10.2. The van der Waals surface area contributed by atoms with E-state index >= 15 is 0 Å². The minimum absolute atomic E-state index is 0.296. The van der Waals surface area contributed by atoms with Gasteiger partial charge in [-0.05, 0) is 77.8 Å². The predicted molar refractivity (Wildman–Crippen MR) is 134 cm³/mol. The number of hydrogen-bond acceptors (Lipinski definition) is 5. The molecule has 0 fully saturated rings. The number of carbonyl (C=O) groups excluding carboxylic acids is 1. The Kier molecular flexibility index (Phi) is 9.15. The highest BCUT2D eigenvalue weighted by Crippen LogP contribution is 2.37. The molecule has 0 spiro atoms. The zero-order chi connectivity index (χ0) is 23.6. The summed E-state index contributed by atoms with van der Waals surface area (Å²) in [6.45, 7) is 5.12. The summed E-state index contributed by atoms with van der Waals surface area (Å²) < 4.78 is 17.8. The molecule has 0 saturated heterocycles. The molecule has 0 aromatic heterocycles. The van der Waals surface area contributed by atoms with Gasteiger partial charge in [-0.2, -0.15) is 5.10 Å². The Labute approximate surface area is 206 Å².